The number of benzene rings is 2. The van der Waals surface area contributed by atoms with Crippen molar-refractivity contribution in [2.24, 2.45) is 0 Å². The second kappa shape index (κ2) is 7.37. The highest BCUT2D eigenvalue weighted by molar-refractivity contribution is 7.86. The molecule has 32 heavy (non-hydrogen) atoms. The molecule has 2 aromatic carbocycles. The third-order valence-corrected chi connectivity index (χ3v) is 6.84. The lowest BCUT2D eigenvalue weighted by atomic mass is 10.1. The summed E-state index contributed by atoms with van der Waals surface area (Å²) < 4.78 is 68.1. The Balaban J connectivity index is 1.86. The van der Waals surface area contributed by atoms with Crippen molar-refractivity contribution < 1.29 is 35.7 Å². The lowest BCUT2D eigenvalue weighted by molar-refractivity contribution is -0.384. The Hall–Kier alpha value is -3.33. The van der Waals surface area contributed by atoms with Gasteiger partial charge < -0.3 is 9.88 Å². The number of rotatable bonds is 6. The molecule has 0 aliphatic heterocycles. The van der Waals surface area contributed by atoms with Gasteiger partial charge in [-0.1, -0.05) is 18.2 Å². The highest BCUT2D eigenvalue weighted by Gasteiger charge is 2.31. The predicted octanol–water partition coefficient (Wildman–Crippen LogP) is 2.63. The van der Waals surface area contributed by atoms with E-state index in [9.17, 15) is 40.8 Å². The van der Waals surface area contributed by atoms with Crippen LogP contribution in [0.4, 0.5) is 11.4 Å². The van der Waals surface area contributed by atoms with Crippen molar-refractivity contribution in [3.8, 4) is 0 Å². The topological polar surface area (TPSA) is 186 Å². The van der Waals surface area contributed by atoms with Gasteiger partial charge in [0.2, 0.25) is 0 Å². The minimum absolute atomic E-state index is 0.0766. The molecule has 0 bridgehead atoms. The fraction of sp³-hybridized carbons (Fsp3) is 0.167. The average molecular weight is 481 g/mol. The molecule has 0 unspecified atom stereocenters. The summed E-state index contributed by atoms with van der Waals surface area (Å²) in [5, 5.41) is 13.0. The molecular weight excluding hydrogens is 466 g/mol. The number of hydrogen-bond donors (Lipinski definition) is 3. The number of carbonyl (C=O) groups excluding carboxylic acids is 1. The number of anilines is 1. The molecule has 1 fully saturated rings. The van der Waals surface area contributed by atoms with Gasteiger partial charge in [-0.05, 0) is 25.0 Å². The van der Waals surface area contributed by atoms with Crippen LogP contribution in [-0.4, -0.2) is 41.3 Å². The molecule has 1 heterocycles. The molecule has 4 rings (SSSR count). The lowest BCUT2D eigenvalue weighted by Gasteiger charge is -2.14. The fourth-order valence-electron chi connectivity index (χ4n) is 3.49. The van der Waals surface area contributed by atoms with Crippen LogP contribution >= 0.6 is 0 Å². The van der Waals surface area contributed by atoms with Gasteiger partial charge in [0.25, 0.3) is 31.8 Å². The smallest absolute Gasteiger partial charge is 0.297 e. The summed E-state index contributed by atoms with van der Waals surface area (Å²) in [4.78, 5) is 22.0. The molecule has 0 saturated heterocycles. The number of nitrogens with zero attached hydrogens (tertiary/aromatic N) is 2. The van der Waals surface area contributed by atoms with E-state index in [1.807, 2.05) is 0 Å². The number of hydrogen-bond acceptors (Lipinski definition) is 7. The van der Waals surface area contributed by atoms with E-state index >= 15 is 0 Å². The first kappa shape index (κ1) is 21.9. The Kier molecular flexibility index (Phi) is 5.04. The van der Waals surface area contributed by atoms with E-state index in [0.29, 0.717) is 0 Å². The summed E-state index contributed by atoms with van der Waals surface area (Å²) in [5.74, 6) is -0.861. The molecule has 0 atom stereocenters. The van der Waals surface area contributed by atoms with E-state index in [0.717, 1.165) is 43.2 Å². The quantitative estimate of drug-likeness (QED) is 0.270. The van der Waals surface area contributed by atoms with Gasteiger partial charge in [0.15, 0.2) is 0 Å². The number of fused-ring (bicyclic) bond motifs is 1. The molecule has 0 radical (unpaired) electrons. The van der Waals surface area contributed by atoms with Crippen LogP contribution in [0, 0.1) is 10.1 Å². The van der Waals surface area contributed by atoms with E-state index in [1.54, 1.807) is 0 Å². The lowest BCUT2D eigenvalue weighted by Crippen LogP contribution is -2.18. The molecule has 168 valence electrons. The van der Waals surface area contributed by atoms with Gasteiger partial charge in [-0.15, -0.1) is 0 Å². The highest BCUT2D eigenvalue weighted by Crippen LogP contribution is 2.39. The summed E-state index contributed by atoms with van der Waals surface area (Å²) in [6.07, 6.45) is 2.66. The summed E-state index contributed by atoms with van der Waals surface area (Å²) in [7, 11) is -9.69. The molecule has 3 aromatic rings. The first-order valence-corrected chi connectivity index (χ1v) is 11.9. The molecule has 1 saturated carbocycles. The van der Waals surface area contributed by atoms with E-state index in [2.05, 4.69) is 5.32 Å². The van der Waals surface area contributed by atoms with Crippen molar-refractivity contribution in [3.05, 3.63) is 58.4 Å². The van der Waals surface area contributed by atoms with Crippen LogP contribution in [0.3, 0.4) is 0 Å². The maximum Gasteiger partial charge on any atom is 0.297 e. The Bertz CT molecular complexity index is 1500. The molecule has 1 aromatic heterocycles. The van der Waals surface area contributed by atoms with Gasteiger partial charge in [0.05, 0.1) is 16.8 Å². The van der Waals surface area contributed by atoms with Gasteiger partial charge >= 0.3 is 0 Å². The minimum atomic E-state index is -4.98. The van der Waals surface area contributed by atoms with Crippen molar-refractivity contribution in [3.63, 3.8) is 0 Å². The van der Waals surface area contributed by atoms with E-state index < -0.39 is 40.9 Å². The van der Waals surface area contributed by atoms with E-state index in [4.69, 9.17) is 0 Å². The molecular formula is C18H15N3O9S2. The van der Waals surface area contributed by atoms with Crippen LogP contribution in [-0.2, 0) is 20.2 Å². The van der Waals surface area contributed by atoms with E-state index in [1.165, 1.54) is 16.8 Å². The monoisotopic (exact) mass is 481 g/mol. The largest absolute Gasteiger partial charge is 0.334 e. The highest BCUT2D eigenvalue weighted by atomic mass is 32.2. The number of aromatic nitrogens is 1. The van der Waals surface area contributed by atoms with Crippen molar-refractivity contribution in [1.82, 2.24) is 4.57 Å². The van der Waals surface area contributed by atoms with Crippen LogP contribution in [0.2, 0.25) is 0 Å². The fourth-order valence-corrected chi connectivity index (χ4v) is 5.05. The summed E-state index contributed by atoms with van der Waals surface area (Å²) in [6.45, 7) is 0. The Morgan fingerprint density at radius 1 is 1.06 bits per heavy atom. The van der Waals surface area contributed by atoms with Crippen LogP contribution < -0.4 is 5.32 Å². The van der Waals surface area contributed by atoms with Gasteiger partial charge in [-0.2, -0.15) is 16.8 Å². The molecule has 1 aliphatic rings. The molecule has 12 nitrogen and oxygen atoms in total. The van der Waals surface area contributed by atoms with Gasteiger partial charge in [0, 0.05) is 22.9 Å². The minimum Gasteiger partial charge on any atom is -0.334 e. The van der Waals surface area contributed by atoms with E-state index in [-0.39, 0.29) is 33.9 Å². The van der Waals surface area contributed by atoms with Crippen LogP contribution in [0.15, 0.2) is 52.4 Å². The summed E-state index contributed by atoms with van der Waals surface area (Å²) >= 11 is 0. The Morgan fingerprint density at radius 2 is 1.75 bits per heavy atom. The third-order valence-electron chi connectivity index (χ3n) is 4.97. The van der Waals surface area contributed by atoms with Crippen molar-refractivity contribution in [2.45, 2.75) is 28.7 Å². The van der Waals surface area contributed by atoms with Crippen LogP contribution in [0.25, 0.3) is 10.8 Å². The summed E-state index contributed by atoms with van der Waals surface area (Å²) in [6, 6.07) is 6.57. The number of amides is 1. The van der Waals surface area contributed by atoms with Crippen LogP contribution in [0.5, 0.6) is 0 Å². The first-order valence-electron chi connectivity index (χ1n) is 9.06. The average Bonchev–Trinajstić information content (AvgIpc) is 3.42. The first-order chi connectivity index (χ1) is 14.9. The molecule has 1 aliphatic carbocycles. The van der Waals surface area contributed by atoms with Gasteiger partial charge in [0.1, 0.15) is 15.5 Å². The zero-order valence-electron chi connectivity index (χ0n) is 16.0. The Morgan fingerprint density at radius 3 is 2.31 bits per heavy atom. The number of carbonyl (C=O) groups is 1. The second-order valence-corrected chi connectivity index (χ2v) is 9.93. The number of nitrogens with one attached hydrogen (secondary N) is 1. The molecule has 3 N–H and O–H groups in total. The number of nitro groups is 1. The second-order valence-electron chi connectivity index (χ2n) is 7.18. The SMILES string of the molecule is O=C(Nc1ccc2c(S(=O)(=O)O)cccc2c1S(=O)(=O)O)c1cc([N+](=O)[O-])cn1C1CC1. The molecule has 1 amide bonds. The Labute approximate surface area is 181 Å². The third kappa shape index (κ3) is 3.95. The van der Waals surface area contributed by atoms with Gasteiger partial charge in [-0.25, -0.2) is 0 Å². The molecule has 0 spiro atoms. The molecule has 14 heteroatoms. The zero-order valence-corrected chi connectivity index (χ0v) is 17.6. The standard InChI is InChI=1S/C18H15N3O9S2/c22-18(15-8-11(21(23)24)9-20(15)10-4-5-10)19-14-7-6-12-13(17(14)32(28,29)30)2-1-3-16(12)31(25,26)27/h1-3,6-10H,4-5H2,(H,19,22)(H,25,26,27)(H,28,29,30). The van der Waals surface area contributed by atoms with Crippen molar-refractivity contribution >= 4 is 48.3 Å². The van der Waals surface area contributed by atoms with Gasteiger partial charge in [-0.3, -0.25) is 24.0 Å². The maximum absolute atomic E-state index is 12.9. The predicted molar refractivity (Wildman–Crippen MR) is 111 cm³/mol. The summed E-state index contributed by atoms with van der Waals surface area (Å²) in [5.41, 5.74) is -0.760. The van der Waals surface area contributed by atoms with Crippen molar-refractivity contribution in [1.29, 1.82) is 0 Å². The van der Waals surface area contributed by atoms with Crippen LogP contribution in [0.1, 0.15) is 29.4 Å². The normalized spacial score (nSPS) is 14.4. The maximum atomic E-state index is 12.9. The van der Waals surface area contributed by atoms with Crippen molar-refractivity contribution in [2.75, 3.05) is 5.32 Å². The zero-order chi connectivity index (χ0) is 23.4.